The SMILES string of the molecule is COc1ccc2c(=O)c(C(=O)Nc3ncn[nH]3)c[nH]c2c1. The molecule has 0 fully saturated rings. The van der Waals surface area contributed by atoms with E-state index in [1.165, 1.54) is 12.5 Å². The second kappa shape index (κ2) is 5.08. The zero-order chi connectivity index (χ0) is 14.8. The fraction of sp³-hybridized carbons (Fsp3) is 0.0769. The Kier molecular flexibility index (Phi) is 3.11. The summed E-state index contributed by atoms with van der Waals surface area (Å²) in [4.78, 5) is 31.1. The van der Waals surface area contributed by atoms with Crippen molar-refractivity contribution < 1.29 is 9.53 Å². The standard InChI is InChI=1S/C13H11N5O3/c1-21-7-2-3-8-10(4-7)14-5-9(11(8)19)12(20)17-13-15-6-16-18-13/h2-6H,1H3,(H,14,19)(H2,15,16,17,18,20). The van der Waals surface area contributed by atoms with Gasteiger partial charge in [0.05, 0.1) is 12.6 Å². The summed E-state index contributed by atoms with van der Waals surface area (Å²) < 4.78 is 5.09. The van der Waals surface area contributed by atoms with Crippen molar-refractivity contribution in [2.75, 3.05) is 12.4 Å². The average Bonchev–Trinajstić information content (AvgIpc) is 3.00. The summed E-state index contributed by atoms with van der Waals surface area (Å²) in [6.45, 7) is 0. The Morgan fingerprint density at radius 2 is 2.24 bits per heavy atom. The highest BCUT2D eigenvalue weighted by Crippen LogP contribution is 2.16. The summed E-state index contributed by atoms with van der Waals surface area (Å²) in [5.74, 6) is 0.233. The number of carbonyl (C=O) groups excluding carboxylic acids is 1. The van der Waals surface area contributed by atoms with Crippen LogP contribution in [0, 0.1) is 0 Å². The van der Waals surface area contributed by atoms with E-state index >= 15 is 0 Å². The summed E-state index contributed by atoms with van der Waals surface area (Å²) in [5.41, 5.74) is 0.211. The number of methoxy groups -OCH3 is 1. The molecule has 0 aliphatic rings. The van der Waals surface area contributed by atoms with Crippen LogP contribution < -0.4 is 15.5 Å². The van der Waals surface area contributed by atoms with Crippen LogP contribution in [0.2, 0.25) is 0 Å². The van der Waals surface area contributed by atoms with E-state index in [4.69, 9.17) is 4.74 Å². The van der Waals surface area contributed by atoms with Crippen LogP contribution in [0.3, 0.4) is 0 Å². The van der Waals surface area contributed by atoms with Gasteiger partial charge in [0.1, 0.15) is 17.6 Å². The minimum atomic E-state index is -0.564. The van der Waals surface area contributed by atoms with Gasteiger partial charge in [-0.1, -0.05) is 0 Å². The van der Waals surface area contributed by atoms with E-state index in [1.54, 1.807) is 25.3 Å². The number of fused-ring (bicyclic) bond motifs is 1. The van der Waals surface area contributed by atoms with Crippen molar-refractivity contribution in [3.63, 3.8) is 0 Å². The predicted molar refractivity (Wildman–Crippen MR) is 75.5 cm³/mol. The highest BCUT2D eigenvalue weighted by molar-refractivity contribution is 6.04. The molecule has 0 atom stereocenters. The monoisotopic (exact) mass is 285 g/mol. The number of H-pyrrole nitrogens is 2. The lowest BCUT2D eigenvalue weighted by atomic mass is 10.1. The number of hydrogen-bond donors (Lipinski definition) is 3. The Morgan fingerprint density at radius 1 is 1.38 bits per heavy atom. The smallest absolute Gasteiger partial charge is 0.263 e. The first-order chi connectivity index (χ1) is 10.2. The molecule has 106 valence electrons. The number of hydrogen-bond acceptors (Lipinski definition) is 5. The number of aromatic amines is 2. The Labute approximate surface area is 118 Å². The third-order valence-electron chi connectivity index (χ3n) is 2.98. The zero-order valence-corrected chi connectivity index (χ0v) is 11.0. The van der Waals surface area contributed by atoms with E-state index < -0.39 is 5.91 Å². The Hall–Kier alpha value is -3.16. The Bertz CT molecular complexity index is 854. The van der Waals surface area contributed by atoms with E-state index in [2.05, 4.69) is 25.5 Å². The third kappa shape index (κ3) is 2.34. The maximum absolute atomic E-state index is 12.3. The number of anilines is 1. The molecule has 2 heterocycles. The van der Waals surface area contributed by atoms with Crippen LogP contribution in [0.25, 0.3) is 10.9 Å². The first-order valence-corrected chi connectivity index (χ1v) is 6.05. The molecule has 0 saturated heterocycles. The molecule has 0 aliphatic carbocycles. The van der Waals surface area contributed by atoms with Gasteiger partial charge in [0.2, 0.25) is 11.4 Å². The van der Waals surface area contributed by atoms with E-state index in [0.717, 1.165) is 0 Å². The molecule has 0 spiro atoms. The van der Waals surface area contributed by atoms with Gasteiger partial charge >= 0.3 is 0 Å². The van der Waals surface area contributed by atoms with Gasteiger partial charge in [0.25, 0.3) is 5.91 Å². The van der Waals surface area contributed by atoms with Crippen molar-refractivity contribution in [3.05, 3.63) is 46.5 Å². The van der Waals surface area contributed by atoms with E-state index in [9.17, 15) is 9.59 Å². The minimum Gasteiger partial charge on any atom is -0.497 e. The highest BCUT2D eigenvalue weighted by atomic mass is 16.5. The lowest BCUT2D eigenvalue weighted by Crippen LogP contribution is -2.22. The van der Waals surface area contributed by atoms with Gasteiger partial charge in [-0.3, -0.25) is 14.9 Å². The molecule has 0 radical (unpaired) electrons. The fourth-order valence-corrected chi connectivity index (χ4v) is 1.94. The summed E-state index contributed by atoms with van der Waals surface area (Å²) in [6.07, 6.45) is 2.61. The van der Waals surface area contributed by atoms with Gasteiger partial charge in [-0.25, -0.2) is 5.10 Å². The normalized spacial score (nSPS) is 10.5. The molecule has 3 N–H and O–H groups in total. The summed E-state index contributed by atoms with van der Waals surface area (Å²) in [5, 5.41) is 8.95. The molecule has 8 nitrogen and oxygen atoms in total. The van der Waals surface area contributed by atoms with Crippen LogP contribution in [0.5, 0.6) is 5.75 Å². The molecule has 1 aromatic carbocycles. The Balaban J connectivity index is 2.02. The number of carbonyl (C=O) groups is 1. The summed E-state index contributed by atoms with van der Waals surface area (Å²) >= 11 is 0. The molecule has 0 aliphatic heterocycles. The number of aromatic nitrogens is 4. The van der Waals surface area contributed by atoms with Gasteiger partial charge in [-0.2, -0.15) is 10.1 Å². The number of ether oxygens (including phenoxy) is 1. The summed E-state index contributed by atoms with van der Waals surface area (Å²) in [6, 6.07) is 4.96. The number of benzene rings is 1. The molecule has 0 unspecified atom stereocenters. The summed E-state index contributed by atoms with van der Waals surface area (Å²) in [7, 11) is 1.54. The largest absolute Gasteiger partial charge is 0.497 e. The quantitative estimate of drug-likeness (QED) is 0.662. The zero-order valence-electron chi connectivity index (χ0n) is 11.0. The number of pyridine rings is 1. The van der Waals surface area contributed by atoms with Gasteiger partial charge < -0.3 is 9.72 Å². The molecule has 21 heavy (non-hydrogen) atoms. The second-order valence-electron chi connectivity index (χ2n) is 4.23. The van der Waals surface area contributed by atoms with Gasteiger partial charge in [-0.15, -0.1) is 0 Å². The van der Waals surface area contributed by atoms with Crippen LogP contribution in [0.1, 0.15) is 10.4 Å². The van der Waals surface area contributed by atoms with Crippen molar-refractivity contribution >= 4 is 22.8 Å². The molecular weight excluding hydrogens is 274 g/mol. The molecule has 1 amide bonds. The fourth-order valence-electron chi connectivity index (χ4n) is 1.94. The topological polar surface area (TPSA) is 113 Å². The third-order valence-corrected chi connectivity index (χ3v) is 2.98. The van der Waals surface area contributed by atoms with Crippen molar-refractivity contribution in [1.29, 1.82) is 0 Å². The van der Waals surface area contributed by atoms with E-state index in [0.29, 0.717) is 16.7 Å². The predicted octanol–water partition coefficient (Wildman–Crippen LogP) is 0.907. The Morgan fingerprint density at radius 3 is 2.95 bits per heavy atom. The van der Waals surface area contributed by atoms with Crippen molar-refractivity contribution in [2.45, 2.75) is 0 Å². The second-order valence-corrected chi connectivity index (χ2v) is 4.23. The van der Waals surface area contributed by atoms with Crippen LogP contribution in [-0.4, -0.2) is 33.2 Å². The molecule has 0 bridgehead atoms. The first-order valence-electron chi connectivity index (χ1n) is 6.05. The number of nitrogens with one attached hydrogen (secondary N) is 3. The van der Waals surface area contributed by atoms with Crippen molar-refractivity contribution in [2.24, 2.45) is 0 Å². The molecule has 3 rings (SSSR count). The van der Waals surface area contributed by atoms with Gasteiger partial charge in [0.15, 0.2) is 0 Å². The number of rotatable bonds is 3. The van der Waals surface area contributed by atoms with Crippen LogP contribution in [0.15, 0.2) is 35.5 Å². The highest BCUT2D eigenvalue weighted by Gasteiger charge is 2.14. The van der Waals surface area contributed by atoms with E-state index in [-0.39, 0.29) is 16.9 Å². The lowest BCUT2D eigenvalue weighted by molar-refractivity contribution is 0.102. The maximum atomic E-state index is 12.3. The van der Waals surface area contributed by atoms with Crippen LogP contribution >= 0.6 is 0 Å². The molecule has 0 saturated carbocycles. The van der Waals surface area contributed by atoms with Crippen LogP contribution in [0.4, 0.5) is 5.95 Å². The number of amides is 1. The molecular formula is C13H11N5O3. The van der Waals surface area contributed by atoms with Crippen LogP contribution in [-0.2, 0) is 0 Å². The number of nitrogens with zero attached hydrogens (tertiary/aromatic N) is 2. The molecule has 3 aromatic rings. The maximum Gasteiger partial charge on any atom is 0.263 e. The van der Waals surface area contributed by atoms with Crippen molar-refractivity contribution in [3.8, 4) is 5.75 Å². The minimum absolute atomic E-state index is 0.0101. The van der Waals surface area contributed by atoms with Gasteiger partial charge in [-0.05, 0) is 12.1 Å². The van der Waals surface area contributed by atoms with E-state index in [1.807, 2.05) is 0 Å². The van der Waals surface area contributed by atoms with Crippen molar-refractivity contribution in [1.82, 2.24) is 20.2 Å². The average molecular weight is 285 g/mol. The molecule has 8 heteroatoms. The first kappa shape index (κ1) is 12.9. The lowest BCUT2D eigenvalue weighted by Gasteiger charge is -2.05. The molecule has 2 aromatic heterocycles. The van der Waals surface area contributed by atoms with Gasteiger partial charge in [0, 0.05) is 17.6 Å².